The average Bonchev–Trinajstić information content (AvgIpc) is 2.71. The predicted molar refractivity (Wildman–Crippen MR) is 83.1 cm³/mol. The number of benzene rings is 1. The number of nitrogens with two attached hydrogens (primary N) is 1. The van der Waals surface area contributed by atoms with E-state index in [4.69, 9.17) is 10.5 Å². The molecule has 0 radical (unpaired) electrons. The van der Waals surface area contributed by atoms with Crippen LogP contribution in [0.5, 0.6) is 11.6 Å². The Balaban J connectivity index is 0.000000956. The van der Waals surface area contributed by atoms with Crippen molar-refractivity contribution in [2.75, 3.05) is 0 Å². The van der Waals surface area contributed by atoms with Crippen molar-refractivity contribution in [3.63, 3.8) is 0 Å². The molecule has 0 amide bonds. The lowest BCUT2D eigenvalue weighted by molar-refractivity contribution is 0.427. The molecule has 0 saturated carbocycles. The Morgan fingerprint density at radius 3 is 2.15 bits per heavy atom. The maximum atomic E-state index is 5.88. The Labute approximate surface area is 121 Å². The summed E-state index contributed by atoms with van der Waals surface area (Å²) < 4.78 is 7.60. The van der Waals surface area contributed by atoms with Gasteiger partial charge in [0.2, 0.25) is 5.88 Å². The third kappa shape index (κ3) is 3.61. The second kappa shape index (κ2) is 7.10. The van der Waals surface area contributed by atoms with E-state index in [1.54, 1.807) is 4.68 Å². The number of aryl methyl sites for hydroxylation is 2. The Kier molecular flexibility index (Phi) is 5.77. The van der Waals surface area contributed by atoms with E-state index in [0.717, 1.165) is 22.9 Å². The molecule has 2 aromatic rings. The lowest BCUT2D eigenvalue weighted by atomic mass is 10.2. The van der Waals surface area contributed by atoms with E-state index in [9.17, 15) is 0 Å². The third-order valence-corrected chi connectivity index (χ3v) is 2.92. The minimum Gasteiger partial charge on any atom is -0.439 e. The van der Waals surface area contributed by atoms with Gasteiger partial charge in [0.15, 0.2) is 0 Å². The highest BCUT2D eigenvalue weighted by molar-refractivity contribution is 5.36. The fourth-order valence-electron chi connectivity index (χ4n) is 1.93. The minimum atomic E-state index is -0.0911. The summed E-state index contributed by atoms with van der Waals surface area (Å²) in [6, 6.07) is 7.85. The first kappa shape index (κ1) is 16.2. The monoisotopic (exact) mass is 275 g/mol. The first-order chi connectivity index (χ1) is 9.49. The SMILES string of the molecule is CC.Cc1ccc(Oc2c(C)c(C(C)N)nn2C)cc1. The van der Waals surface area contributed by atoms with Crippen molar-refractivity contribution in [2.24, 2.45) is 12.8 Å². The summed E-state index contributed by atoms with van der Waals surface area (Å²) in [5.41, 5.74) is 8.96. The van der Waals surface area contributed by atoms with Gasteiger partial charge in [-0.3, -0.25) is 0 Å². The molecule has 0 spiro atoms. The quantitative estimate of drug-likeness (QED) is 0.925. The van der Waals surface area contributed by atoms with Gasteiger partial charge in [0.05, 0.1) is 5.69 Å². The number of aromatic nitrogens is 2. The largest absolute Gasteiger partial charge is 0.439 e. The maximum Gasteiger partial charge on any atom is 0.220 e. The van der Waals surface area contributed by atoms with Crippen LogP contribution < -0.4 is 10.5 Å². The lowest BCUT2D eigenvalue weighted by Gasteiger charge is -2.07. The van der Waals surface area contributed by atoms with Crippen molar-refractivity contribution in [2.45, 2.75) is 40.7 Å². The van der Waals surface area contributed by atoms with Crippen molar-refractivity contribution in [3.8, 4) is 11.6 Å². The van der Waals surface area contributed by atoms with E-state index in [1.165, 1.54) is 5.56 Å². The molecule has 20 heavy (non-hydrogen) atoms. The molecule has 0 aliphatic carbocycles. The van der Waals surface area contributed by atoms with Crippen LogP contribution in [0, 0.1) is 13.8 Å². The van der Waals surface area contributed by atoms with Crippen LogP contribution in [0.4, 0.5) is 0 Å². The molecule has 2 N–H and O–H groups in total. The van der Waals surface area contributed by atoms with Gasteiger partial charge in [-0.25, -0.2) is 4.68 Å². The third-order valence-electron chi connectivity index (χ3n) is 2.92. The molecule has 0 saturated heterocycles. The van der Waals surface area contributed by atoms with Crippen LogP contribution in [0.2, 0.25) is 0 Å². The molecule has 0 bridgehead atoms. The average molecular weight is 275 g/mol. The summed E-state index contributed by atoms with van der Waals surface area (Å²) >= 11 is 0. The zero-order valence-electron chi connectivity index (χ0n) is 13.3. The van der Waals surface area contributed by atoms with Crippen LogP contribution in [0.15, 0.2) is 24.3 Å². The van der Waals surface area contributed by atoms with E-state index in [1.807, 2.05) is 65.9 Å². The van der Waals surface area contributed by atoms with E-state index in [0.29, 0.717) is 0 Å². The molecule has 1 atom stereocenters. The smallest absolute Gasteiger partial charge is 0.220 e. The Morgan fingerprint density at radius 2 is 1.70 bits per heavy atom. The topological polar surface area (TPSA) is 53.1 Å². The van der Waals surface area contributed by atoms with E-state index < -0.39 is 0 Å². The number of rotatable bonds is 3. The normalized spacial score (nSPS) is 11.6. The number of hydrogen-bond donors (Lipinski definition) is 1. The van der Waals surface area contributed by atoms with Crippen molar-refractivity contribution in [1.29, 1.82) is 0 Å². The maximum absolute atomic E-state index is 5.88. The first-order valence-electron chi connectivity index (χ1n) is 7.02. The summed E-state index contributed by atoms with van der Waals surface area (Å²) in [5, 5.41) is 4.39. The Morgan fingerprint density at radius 1 is 1.15 bits per heavy atom. The number of hydrogen-bond acceptors (Lipinski definition) is 3. The van der Waals surface area contributed by atoms with Crippen LogP contribution in [-0.4, -0.2) is 9.78 Å². The van der Waals surface area contributed by atoms with Crippen LogP contribution >= 0.6 is 0 Å². The summed E-state index contributed by atoms with van der Waals surface area (Å²) in [6.45, 7) is 9.95. The summed E-state index contributed by atoms with van der Waals surface area (Å²) in [6.07, 6.45) is 0. The van der Waals surface area contributed by atoms with E-state index in [-0.39, 0.29) is 6.04 Å². The molecule has 4 nitrogen and oxygen atoms in total. The highest BCUT2D eigenvalue weighted by atomic mass is 16.5. The number of ether oxygens (including phenoxy) is 1. The standard InChI is InChI=1S/C14H19N3O.C2H6/c1-9-5-7-12(8-6-9)18-14-10(2)13(11(3)15)16-17(14)4;1-2/h5-8,11H,15H2,1-4H3;1-2H3. The molecule has 0 fully saturated rings. The van der Waals surface area contributed by atoms with Crippen LogP contribution in [0.3, 0.4) is 0 Å². The summed E-state index contributed by atoms with van der Waals surface area (Å²) in [7, 11) is 1.86. The van der Waals surface area contributed by atoms with Gasteiger partial charge in [-0.15, -0.1) is 0 Å². The second-order valence-corrected chi connectivity index (χ2v) is 4.64. The molecule has 0 aliphatic heterocycles. The van der Waals surface area contributed by atoms with Gasteiger partial charge < -0.3 is 10.5 Å². The van der Waals surface area contributed by atoms with Gasteiger partial charge in [0, 0.05) is 18.7 Å². The van der Waals surface area contributed by atoms with Gasteiger partial charge in [0.1, 0.15) is 5.75 Å². The molecular formula is C16H25N3O. The van der Waals surface area contributed by atoms with Gasteiger partial charge in [-0.1, -0.05) is 31.5 Å². The van der Waals surface area contributed by atoms with Gasteiger partial charge in [-0.05, 0) is 32.9 Å². The first-order valence-corrected chi connectivity index (χ1v) is 7.02. The highest BCUT2D eigenvalue weighted by Gasteiger charge is 2.16. The number of nitrogens with zero attached hydrogens (tertiary/aromatic N) is 2. The van der Waals surface area contributed by atoms with Crippen LogP contribution in [0.1, 0.15) is 43.6 Å². The molecule has 1 heterocycles. The Bertz CT molecular complexity index is 542. The second-order valence-electron chi connectivity index (χ2n) is 4.64. The van der Waals surface area contributed by atoms with Gasteiger partial charge in [0.25, 0.3) is 0 Å². The summed E-state index contributed by atoms with van der Waals surface area (Å²) in [4.78, 5) is 0. The predicted octanol–water partition coefficient (Wildman–Crippen LogP) is 3.88. The zero-order valence-corrected chi connectivity index (χ0v) is 13.3. The van der Waals surface area contributed by atoms with Crippen molar-refractivity contribution in [1.82, 2.24) is 9.78 Å². The van der Waals surface area contributed by atoms with Crippen molar-refractivity contribution < 1.29 is 4.74 Å². The Hall–Kier alpha value is -1.81. The van der Waals surface area contributed by atoms with Crippen LogP contribution in [-0.2, 0) is 7.05 Å². The van der Waals surface area contributed by atoms with Gasteiger partial charge >= 0.3 is 0 Å². The lowest BCUT2D eigenvalue weighted by Crippen LogP contribution is -2.07. The molecule has 4 heteroatoms. The highest BCUT2D eigenvalue weighted by Crippen LogP contribution is 2.28. The molecular weight excluding hydrogens is 250 g/mol. The summed E-state index contributed by atoms with van der Waals surface area (Å²) in [5.74, 6) is 1.55. The minimum absolute atomic E-state index is 0.0911. The zero-order chi connectivity index (χ0) is 15.3. The fourth-order valence-corrected chi connectivity index (χ4v) is 1.93. The molecule has 1 aromatic heterocycles. The van der Waals surface area contributed by atoms with Crippen molar-refractivity contribution in [3.05, 3.63) is 41.1 Å². The van der Waals surface area contributed by atoms with Crippen molar-refractivity contribution >= 4 is 0 Å². The molecule has 2 rings (SSSR count). The molecule has 110 valence electrons. The van der Waals surface area contributed by atoms with Crippen LogP contribution in [0.25, 0.3) is 0 Å². The van der Waals surface area contributed by atoms with E-state index >= 15 is 0 Å². The van der Waals surface area contributed by atoms with E-state index in [2.05, 4.69) is 5.10 Å². The van der Waals surface area contributed by atoms with Gasteiger partial charge in [-0.2, -0.15) is 5.10 Å². The fraction of sp³-hybridized carbons (Fsp3) is 0.438. The molecule has 1 unspecified atom stereocenters. The molecule has 1 aromatic carbocycles. The molecule has 0 aliphatic rings.